The number of methoxy groups -OCH3 is 1. The van der Waals surface area contributed by atoms with Gasteiger partial charge in [0.1, 0.15) is 0 Å². The van der Waals surface area contributed by atoms with E-state index >= 15 is 0 Å². The maximum Gasteiger partial charge on any atom is 0.0826 e. The molecule has 0 aromatic carbocycles. The molecule has 0 spiro atoms. The third-order valence-electron chi connectivity index (χ3n) is 3.70. The quantitative estimate of drug-likeness (QED) is 0.761. The van der Waals surface area contributed by atoms with Crippen LogP contribution in [0.2, 0.25) is 0 Å². The van der Waals surface area contributed by atoms with Crippen LogP contribution in [0.25, 0.3) is 0 Å². The van der Waals surface area contributed by atoms with Gasteiger partial charge < -0.3 is 14.8 Å². The summed E-state index contributed by atoms with van der Waals surface area (Å²) in [6.07, 6.45) is 2.75. The van der Waals surface area contributed by atoms with Gasteiger partial charge in [-0.3, -0.25) is 4.90 Å². The van der Waals surface area contributed by atoms with E-state index in [-0.39, 0.29) is 5.60 Å². The number of nitrogens with one attached hydrogen (secondary N) is 1. The Kier molecular flexibility index (Phi) is 4.19. The highest BCUT2D eigenvalue weighted by Gasteiger charge is 2.31. The lowest BCUT2D eigenvalue weighted by atomic mass is 9.94. The van der Waals surface area contributed by atoms with E-state index in [9.17, 15) is 0 Å². The Balaban J connectivity index is 1.80. The topological polar surface area (TPSA) is 33.7 Å². The molecule has 2 aliphatic rings. The molecule has 94 valence electrons. The number of morpholine rings is 1. The molecule has 0 aliphatic carbocycles. The predicted molar refractivity (Wildman–Crippen MR) is 63.7 cm³/mol. The van der Waals surface area contributed by atoms with Crippen molar-refractivity contribution in [2.45, 2.75) is 31.5 Å². The summed E-state index contributed by atoms with van der Waals surface area (Å²) in [6.45, 7) is 8.28. The molecule has 0 bridgehead atoms. The molecule has 0 radical (unpaired) electrons. The summed E-state index contributed by atoms with van der Waals surface area (Å²) in [4.78, 5) is 2.48. The van der Waals surface area contributed by atoms with Crippen molar-refractivity contribution in [3.05, 3.63) is 0 Å². The predicted octanol–water partition coefficient (Wildman–Crippen LogP) is 0.476. The molecular formula is C12H24N2O2. The van der Waals surface area contributed by atoms with Crippen LogP contribution in [0.15, 0.2) is 0 Å². The molecular weight excluding hydrogens is 204 g/mol. The second kappa shape index (κ2) is 5.45. The van der Waals surface area contributed by atoms with Crippen LogP contribution < -0.4 is 5.32 Å². The monoisotopic (exact) mass is 228 g/mol. The van der Waals surface area contributed by atoms with Crippen molar-refractivity contribution in [2.75, 3.05) is 46.4 Å². The van der Waals surface area contributed by atoms with Crippen molar-refractivity contribution in [2.24, 2.45) is 0 Å². The number of hydrogen-bond donors (Lipinski definition) is 1. The van der Waals surface area contributed by atoms with Crippen LogP contribution in [0.4, 0.5) is 0 Å². The number of likely N-dealkylation sites (tertiary alicyclic amines) is 1. The van der Waals surface area contributed by atoms with Gasteiger partial charge in [-0.05, 0) is 26.3 Å². The average molecular weight is 228 g/mol. The van der Waals surface area contributed by atoms with Crippen LogP contribution in [0, 0.1) is 0 Å². The van der Waals surface area contributed by atoms with E-state index in [0.717, 1.165) is 32.8 Å². The first-order chi connectivity index (χ1) is 7.72. The first kappa shape index (κ1) is 12.3. The zero-order chi connectivity index (χ0) is 11.4. The van der Waals surface area contributed by atoms with Crippen LogP contribution in [0.1, 0.15) is 19.8 Å². The van der Waals surface area contributed by atoms with Gasteiger partial charge in [0.15, 0.2) is 0 Å². The van der Waals surface area contributed by atoms with Crippen molar-refractivity contribution in [1.82, 2.24) is 10.2 Å². The molecule has 4 heteroatoms. The standard InChI is InChI=1S/C12H24N2O2/c1-12(15-2)4-3-6-14(10-12)9-11-8-13-5-7-16-11/h11,13H,3-10H2,1-2H3. The summed E-state index contributed by atoms with van der Waals surface area (Å²) < 4.78 is 11.3. The van der Waals surface area contributed by atoms with Crippen molar-refractivity contribution in [1.29, 1.82) is 0 Å². The molecule has 2 rings (SSSR count). The summed E-state index contributed by atoms with van der Waals surface area (Å²) in [6, 6.07) is 0. The second-order valence-corrected chi connectivity index (χ2v) is 5.19. The van der Waals surface area contributed by atoms with Crippen LogP contribution >= 0.6 is 0 Å². The minimum Gasteiger partial charge on any atom is -0.377 e. The van der Waals surface area contributed by atoms with E-state index in [1.54, 1.807) is 0 Å². The van der Waals surface area contributed by atoms with Crippen LogP contribution in [0.3, 0.4) is 0 Å². The first-order valence-electron chi connectivity index (χ1n) is 6.32. The molecule has 0 amide bonds. The van der Waals surface area contributed by atoms with Crippen molar-refractivity contribution < 1.29 is 9.47 Å². The fourth-order valence-corrected chi connectivity index (χ4v) is 2.66. The molecule has 0 aromatic rings. The molecule has 0 aromatic heterocycles. The lowest BCUT2D eigenvalue weighted by Gasteiger charge is -2.41. The molecule has 0 saturated carbocycles. The largest absolute Gasteiger partial charge is 0.377 e. The number of nitrogens with zero attached hydrogens (tertiary/aromatic N) is 1. The average Bonchev–Trinajstić information content (AvgIpc) is 2.30. The molecule has 2 aliphatic heterocycles. The maximum atomic E-state index is 5.74. The third-order valence-corrected chi connectivity index (χ3v) is 3.70. The summed E-state index contributed by atoms with van der Waals surface area (Å²) in [5.74, 6) is 0. The zero-order valence-corrected chi connectivity index (χ0v) is 10.5. The van der Waals surface area contributed by atoms with Crippen molar-refractivity contribution in [3.63, 3.8) is 0 Å². The van der Waals surface area contributed by atoms with E-state index in [1.165, 1.54) is 19.4 Å². The Hall–Kier alpha value is -0.160. The van der Waals surface area contributed by atoms with Gasteiger partial charge in [0.2, 0.25) is 0 Å². The van der Waals surface area contributed by atoms with Gasteiger partial charge in [-0.25, -0.2) is 0 Å². The van der Waals surface area contributed by atoms with Gasteiger partial charge >= 0.3 is 0 Å². The SMILES string of the molecule is COC1(C)CCCN(CC2CNCCO2)C1. The lowest BCUT2D eigenvalue weighted by molar-refractivity contribution is -0.0680. The molecule has 2 saturated heterocycles. The minimum atomic E-state index is 0.0420. The highest BCUT2D eigenvalue weighted by Crippen LogP contribution is 2.24. The van der Waals surface area contributed by atoms with E-state index in [0.29, 0.717) is 6.10 Å². The van der Waals surface area contributed by atoms with E-state index in [2.05, 4.69) is 17.1 Å². The van der Waals surface area contributed by atoms with Crippen molar-refractivity contribution in [3.8, 4) is 0 Å². The Bertz CT molecular complexity index is 219. The summed E-state index contributed by atoms with van der Waals surface area (Å²) in [7, 11) is 1.82. The Morgan fingerprint density at radius 1 is 1.56 bits per heavy atom. The smallest absolute Gasteiger partial charge is 0.0826 e. The maximum absolute atomic E-state index is 5.74. The van der Waals surface area contributed by atoms with Crippen LogP contribution in [-0.4, -0.2) is 63.0 Å². The van der Waals surface area contributed by atoms with E-state index in [4.69, 9.17) is 9.47 Å². The lowest BCUT2D eigenvalue weighted by Crippen LogP contribution is -2.52. The summed E-state index contributed by atoms with van der Waals surface area (Å²) in [5.41, 5.74) is 0.0420. The molecule has 2 unspecified atom stereocenters. The molecule has 16 heavy (non-hydrogen) atoms. The number of ether oxygens (including phenoxy) is 2. The van der Waals surface area contributed by atoms with Crippen LogP contribution in [-0.2, 0) is 9.47 Å². The normalized spacial score (nSPS) is 37.5. The third kappa shape index (κ3) is 3.17. The number of hydrogen-bond acceptors (Lipinski definition) is 4. The summed E-state index contributed by atoms with van der Waals surface area (Å²) >= 11 is 0. The van der Waals surface area contributed by atoms with Gasteiger partial charge in [-0.2, -0.15) is 0 Å². The number of rotatable bonds is 3. The second-order valence-electron chi connectivity index (χ2n) is 5.19. The van der Waals surface area contributed by atoms with Gasteiger partial charge in [0, 0.05) is 33.3 Å². The molecule has 1 N–H and O–H groups in total. The summed E-state index contributed by atoms with van der Waals surface area (Å²) in [5, 5.41) is 3.38. The molecule has 2 fully saturated rings. The molecule has 4 nitrogen and oxygen atoms in total. The minimum absolute atomic E-state index is 0.0420. The first-order valence-corrected chi connectivity index (χ1v) is 6.32. The van der Waals surface area contributed by atoms with Crippen LogP contribution in [0.5, 0.6) is 0 Å². The van der Waals surface area contributed by atoms with Crippen molar-refractivity contribution >= 4 is 0 Å². The van der Waals surface area contributed by atoms with E-state index < -0.39 is 0 Å². The van der Waals surface area contributed by atoms with Gasteiger partial charge in [-0.15, -0.1) is 0 Å². The Labute approximate surface area is 98.3 Å². The zero-order valence-electron chi connectivity index (χ0n) is 10.5. The van der Waals surface area contributed by atoms with Gasteiger partial charge in [0.05, 0.1) is 18.3 Å². The fraction of sp³-hybridized carbons (Fsp3) is 1.00. The Morgan fingerprint density at radius 3 is 3.12 bits per heavy atom. The highest BCUT2D eigenvalue weighted by molar-refractivity contribution is 4.86. The molecule has 2 atom stereocenters. The number of piperidine rings is 1. The van der Waals surface area contributed by atoms with E-state index in [1.807, 2.05) is 7.11 Å². The fourth-order valence-electron chi connectivity index (χ4n) is 2.66. The van der Waals surface area contributed by atoms with Gasteiger partial charge in [0.25, 0.3) is 0 Å². The Morgan fingerprint density at radius 2 is 2.44 bits per heavy atom. The highest BCUT2D eigenvalue weighted by atomic mass is 16.5. The molecule has 2 heterocycles. The van der Waals surface area contributed by atoms with Gasteiger partial charge in [-0.1, -0.05) is 0 Å².